The van der Waals surface area contributed by atoms with Crippen molar-refractivity contribution in [1.29, 1.82) is 0 Å². The van der Waals surface area contributed by atoms with E-state index >= 15 is 0 Å². The van der Waals surface area contributed by atoms with E-state index < -0.39 is 10.0 Å². The first-order chi connectivity index (χ1) is 11.2. The molecule has 0 radical (unpaired) electrons. The summed E-state index contributed by atoms with van der Waals surface area (Å²) in [5.74, 6) is 1.20. The van der Waals surface area contributed by atoms with E-state index in [1.54, 1.807) is 14.0 Å². The first-order valence-electron chi connectivity index (χ1n) is 8.02. The Hall–Kier alpha value is -1.80. The number of aliphatic imine (C=N–C) groups is 1. The summed E-state index contributed by atoms with van der Waals surface area (Å²) in [6, 6.07) is 7.45. The molecule has 3 N–H and O–H groups in total. The predicted octanol–water partition coefficient (Wildman–Crippen LogP) is 1.87. The topological polar surface area (TPSA) is 97.0 Å². The lowest BCUT2D eigenvalue weighted by Gasteiger charge is -2.15. The van der Waals surface area contributed by atoms with Gasteiger partial charge in [-0.3, -0.25) is 4.99 Å². The number of nitrogens with two attached hydrogens (primary N) is 1. The molecule has 0 fully saturated rings. The van der Waals surface area contributed by atoms with E-state index in [4.69, 9.17) is 10.5 Å². The van der Waals surface area contributed by atoms with Gasteiger partial charge < -0.3 is 15.8 Å². The number of nitrogens with zero attached hydrogens (tertiary/aromatic N) is 2. The maximum atomic E-state index is 11.6. The molecule has 0 saturated carbocycles. The van der Waals surface area contributed by atoms with E-state index in [-0.39, 0.29) is 11.9 Å². The van der Waals surface area contributed by atoms with Crippen LogP contribution in [0.2, 0.25) is 0 Å². The van der Waals surface area contributed by atoms with E-state index in [2.05, 4.69) is 10.3 Å². The third kappa shape index (κ3) is 7.18. The average Bonchev–Trinajstić information content (AvgIpc) is 2.52. The zero-order valence-corrected chi connectivity index (χ0v) is 15.6. The summed E-state index contributed by atoms with van der Waals surface area (Å²) in [7, 11) is -1.56. The van der Waals surface area contributed by atoms with Gasteiger partial charge in [0.15, 0.2) is 5.96 Å². The van der Waals surface area contributed by atoms with E-state index in [0.29, 0.717) is 25.5 Å². The zero-order valence-electron chi connectivity index (χ0n) is 14.8. The average molecular weight is 356 g/mol. The molecule has 0 aliphatic heterocycles. The Balaban J connectivity index is 2.42. The second-order valence-corrected chi connectivity index (χ2v) is 8.02. The summed E-state index contributed by atoms with van der Waals surface area (Å²) >= 11 is 0. The number of sulfonamides is 1. The van der Waals surface area contributed by atoms with Gasteiger partial charge in [-0.25, -0.2) is 12.7 Å². The number of guanidine groups is 1. The Morgan fingerprint density at radius 3 is 2.50 bits per heavy atom. The summed E-state index contributed by atoms with van der Waals surface area (Å²) in [4.78, 5) is 4.20. The molecule has 0 saturated heterocycles. The molecular weight excluding hydrogens is 328 g/mol. The largest absolute Gasteiger partial charge is 0.491 e. The van der Waals surface area contributed by atoms with E-state index in [1.807, 2.05) is 38.1 Å². The molecule has 0 heterocycles. The molecule has 0 atom stereocenters. The SMILES string of the molecule is CCS(=O)(=O)N(C)CCCN=C(N)Nc1ccc(OC(C)C)cc1. The van der Waals surface area contributed by atoms with Crippen LogP contribution in [0.4, 0.5) is 5.69 Å². The fourth-order valence-electron chi connectivity index (χ4n) is 1.93. The Bertz CT molecular complexity index is 627. The van der Waals surface area contributed by atoms with Crippen LogP contribution in [0.15, 0.2) is 29.3 Å². The highest BCUT2D eigenvalue weighted by atomic mass is 32.2. The number of hydrogen-bond donors (Lipinski definition) is 2. The van der Waals surface area contributed by atoms with E-state index in [0.717, 1.165) is 11.4 Å². The number of hydrogen-bond acceptors (Lipinski definition) is 4. The van der Waals surface area contributed by atoms with Gasteiger partial charge in [-0.2, -0.15) is 0 Å². The van der Waals surface area contributed by atoms with Crippen molar-refractivity contribution < 1.29 is 13.2 Å². The van der Waals surface area contributed by atoms with Crippen LogP contribution in [-0.4, -0.2) is 50.7 Å². The number of nitrogens with one attached hydrogen (secondary N) is 1. The molecule has 1 rings (SSSR count). The molecule has 0 spiro atoms. The molecule has 0 bridgehead atoms. The Morgan fingerprint density at radius 1 is 1.33 bits per heavy atom. The third-order valence-corrected chi connectivity index (χ3v) is 5.11. The lowest BCUT2D eigenvalue weighted by Crippen LogP contribution is -2.30. The minimum atomic E-state index is -3.13. The van der Waals surface area contributed by atoms with Crippen LogP contribution in [0.3, 0.4) is 0 Å². The van der Waals surface area contributed by atoms with Crippen molar-refractivity contribution in [3.05, 3.63) is 24.3 Å². The van der Waals surface area contributed by atoms with Gasteiger partial charge in [0.1, 0.15) is 5.75 Å². The normalized spacial score (nSPS) is 12.7. The standard InChI is InChI=1S/C16H28N4O3S/c1-5-24(21,22)20(4)12-6-11-18-16(17)19-14-7-9-15(10-8-14)23-13(2)3/h7-10,13H,5-6,11-12H2,1-4H3,(H3,17,18,19). The lowest BCUT2D eigenvalue weighted by atomic mass is 10.3. The molecule has 1 aromatic carbocycles. The molecule has 24 heavy (non-hydrogen) atoms. The highest BCUT2D eigenvalue weighted by molar-refractivity contribution is 7.89. The van der Waals surface area contributed by atoms with Crippen LogP contribution in [0.25, 0.3) is 0 Å². The van der Waals surface area contributed by atoms with Gasteiger partial charge in [0, 0.05) is 25.8 Å². The fourth-order valence-corrected chi connectivity index (χ4v) is 2.78. The van der Waals surface area contributed by atoms with Crippen molar-refractivity contribution in [1.82, 2.24) is 4.31 Å². The van der Waals surface area contributed by atoms with Crippen LogP contribution in [0.1, 0.15) is 27.2 Å². The molecule has 0 aromatic heterocycles. The van der Waals surface area contributed by atoms with Crippen LogP contribution in [-0.2, 0) is 10.0 Å². The monoisotopic (exact) mass is 356 g/mol. The fraction of sp³-hybridized carbons (Fsp3) is 0.562. The Morgan fingerprint density at radius 2 is 1.96 bits per heavy atom. The first kappa shape index (κ1) is 20.2. The molecule has 136 valence electrons. The highest BCUT2D eigenvalue weighted by Gasteiger charge is 2.13. The molecule has 0 aliphatic carbocycles. The van der Waals surface area contributed by atoms with Crippen molar-refractivity contribution in [2.24, 2.45) is 10.7 Å². The van der Waals surface area contributed by atoms with Crippen molar-refractivity contribution in [2.75, 3.05) is 31.2 Å². The van der Waals surface area contributed by atoms with Crippen molar-refractivity contribution in [3.8, 4) is 5.75 Å². The maximum absolute atomic E-state index is 11.6. The summed E-state index contributed by atoms with van der Waals surface area (Å²) in [5.41, 5.74) is 6.65. The van der Waals surface area contributed by atoms with Gasteiger partial charge in [-0.15, -0.1) is 0 Å². The molecule has 7 nitrogen and oxygen atoms in total. The van der Waals surface area contributed by atoms with E-state index in [1.165, 1.54) is 4.31 Å². The van der Waals surface area contributed by atoms with Crippen LogP contribution in [0.5, 0.6) is 5.75 Å². The first-order valence-corrected chi connectivity index (χ1v) is 9.63. The van der Waals surface area contributed by atoms with Gasteiger partial charge in [0.2, 0.25) is 10.0 Å². The molecular formula is C16H28N4O3S. The predicted molar refractivity (Wildman–Crippen MR) is 99.0 cm³/mol. The van der Waals surface area contributed by atoms with Crippen molar-refractivity contribution in [3.63, 3.8) is 0 Å². The maximum Gasteiger partial charge on any atom is 0.213 e. The smallest absolute Gasteiger partial charge is 0.213 e. The summed E-state index contributed by atoms with van der Waals surface area (Å²) < 4.78 is 30.1. The molecule has 0 amide bonds. The third-order valence-electron chi connectivity index (χ3n) is 3.25. The zero-order chi connectivity index (χ0) is 18.2. The molecule has 0 unspecified atom stereocenters. The van der Waals surface area contributed by atoms with Gasteiger partial charge in [0.05, 0.1) is 11.9 Å². The molecule has 8 heteroatoms. The number of benzene rings is 1. The number of anilines is 1. The van der Waals surface area contributed by atoms with Crippen molar-refractivity contribution in [2.45, 2.75) is 33.3 Å². The Labute approximate surface area is 145 Å². The quantitative estimate of drug-likeness (QED) is 0.400. The Kier molecular flexibility index (Phi) is 8.00. The highest BCUT2D eigenvalue weighted by Crippen LogP contribution is 2.16. The second kappa shape index (κ2) is 9.48. The number of ether oxygens (including phenoxy) is 1. The minimum absolute atomic E-state index is 0.104. The lowest BCUT2D eigenvalue weighted by molar-refractivity contribution is 0.242. The van der Waals surface area contributed by atoms with Gasteiger partial charge in [-0.1, -0.05) is 0 Å². The van der Waals surface area contributed by atoms with Crippen LogP contribution < -0.4 is 15.8 Å². The minimum Gasteiger partial charge on any atom is -0.491 e. The van der Waals surface area contributed by atoms with Crippen molar-refractivity contribution >= 4 is 21.7 Å². The number of rotatable bonds is 9. The van der Waals surface area contributed by atoms with Crippen LogP contribution in [0, 0.1) is 0 Å². The van der Waals surface area contributed by atoms with E-state index in [9.17, 15) is 8.42 Å². The van der Waals surface area contributed by atoms with Gasteiger partial charge in [0.25, 0.3) is 0 Å². The molecule has 1 aromatic rings. The van der Waals surface area contributed by atoms with Gasteiger partial charge in [-0.05, 0) is 51.5 Å². The summed E-state index contributed by atoms with van der Waals surface area (Å²) in [5, 5.41) is 2.99. The summed E-state index contributed by atoms with van der Waals surface area (Å²) in [6.07, 6.45) is 0.740. The van der Waals surface area contributed by atoms with Crippen LogP contribution >= 0.6 is 0 Å². The summed E-state index contributed by atoms with van der Waals surface area (Å²) in [6.45, 7) is 6.45. The van der Waals surface area contributed by atoms with Gasteiger partial charge >= 0.3 is 0 Å². The second-order valence-electron chi connectivity index (χ2n) is 5.66. The molecule has 0 aliphatic rings.